The summed E-state index contributed by atoms with van der Waals surface area (Å²) in [6.07, 6.45) is 3.62. The molecule has 27 heavy (non-hydrogen) atoms. The van der Waals surface area contributed by atoms with Crippen molar-refractivity contribution >= 4 is 11.9 Å². The lowest BCUT2D eigenvalue weighted by Crippen LogP contribution is -2.40. The molecular formula is C20H26O7. The number of aliphatic hydroxyl groups is 2. The molecule has 2 N–H and O–H groups in total. The van der Waals surface area contributed by atoms with Gasteiger partial charge >= 0.3 is 11.9 Å². The van der Waals surface area contributed by atoms with Gasteiger partial charge in [0, 0.05) is 23.5 Å². The fourth-order valence-corrected chi connectivity index (χ4v) is 3.81. The molecule has 0 radical (unpaired) electrons. The van der Waals surface area contributed by atoms with E-state index in [0.29, 0.717) is 24.0 Å². The average Bonchev–Trinajstić information content (AvgIpc) is 3.09. The van der Waals surface area contributed by atoms with Crippen LogP contribution < -0.4 is 0 Å². The Bertz CT molecular complexity index is 762. The number of rotatable bonds is 3. The molecule has 1 saturated heterocycles. The number of carbonyl (C=O) groups excluding carboxylic acids is 2. The zero-order valence-corrected chi connectivity index (χ0v) is 16.1. The number of aliphatic hydroxyl groups excluding tert-OH is 1. The Morgan fingerprint density at radius 3 is 2.78 bits per heavy atom. The van der Waals surface area contributed by atoms with E-state index in [1.54, 1.807) is 26.0 Å². The van der Waals surface area contributed by atoms with E-state index in [-0.39, 0.29) is 23.7 Å². The van der Waals surface area contributed by atoms with Gasteiger partial charge in [0.1, 0.15) is 11.9 Å². The van der Waals surface area contributed by atoms with Crippen LogP contribution >= 0.6 is 0 Å². The molecule has 0 saturated carbocycles. The Morgan fingerprint density at radius 1 is 1.44 bits per heavy atom. The number of hydrogen-bond acceptors (Lipinski definition) is 7. The third-order valence-corrected chi connectivity index (χ3v) is 5.69. The second-order valence-electron chi connectivity index (χ2n) is 7.71. The molecule has 0 aromatic rings. The van der Waals surface area contributed by atoms with E-state index in [1.165, 1.54) is 0 Å². The van der Waals surface area contributed by atoms with E-state index in [9.17, 15) is 19.8 Å². The van der Waals surface area contributed by atoms with Gasteiger partial charge in [0.05, 0.1) is 17.8 Å². The van der Waals surface area contributed by atoms with Crippen LogP contribution in [0, 0.1) is 5.92 Å². The predicted molar refractivity (Wildman–Crippen MR) is 95.1 cm³/mol. The maximum Gasteiger partial charge on any atom is 0.342 e. The second-order valence-corrected chi connectivity index (χ2v) is 7.71. The number of hydrogen-bond donors (Lipinski definition) is 2. The molecule has 7 heteroatoms. The van der Waals surface area contributed by atoms with Crippen LogP contribution in [0.1, 0.15) is 47.0 Å². The Hall–Kier alpha value is -1.96. The summed E-state index contributed by atoms with van der Waals surface area (Å²) in [6, 6.07) is 0. The van der Waals surface area contributed by atoms with E-state index >= 15 is 0 Å². The highest BCUT2D eigenvalue weighted by Gasteiger charge is 2.52. The van der Waals surface area contributed by atoms with Crippen LogP contribution in [0.2, 0.25) is 0 Å². The molecule has 0 aromatic heterocycles. The van der Waals surface area contributed by atoms with Crippen LogP contribution in [0.15, 0.2) is 34.6 Å². The van der Waals surface area contributed by atoms with Crippen molar-refractivity contribution in [2.45, 2.75) is 64.4 Å². The molecule has 7 nitrogen and oxygen atoms in total. The van der Waals surface area contributed by atoms with Crippen LogP contribution in [0.25, 0.3) is 0 Å². The molecular weight excluding hydrogens is 352 g/mol. The zero-order valence-electron chi connectivity index (χ0n) is 16.1. The SMILES string of the molecule is C/C=C(\C)C(=O)O[C@H]1C[C@@H](C)[C@]2(O)CC[C@](C)(/C=C3/OC(=O)C(CO)=C31)O2. The van der Waals surface area contributed by atoms with Gasteiger partial charge < -0.3 is 24.4 Å². The minimum atomic E-state index is -1.37. The van der Waals surface area contributed by atoms with Crippen LogP contribution in [0.4, 0.5) is 0 Å². The normalized spacial score (nSPS) is 38.4. The summed E-state index contributed by atoms with van der Waals surface area (Å²) in [4.78, 5) is 24.6. The minimum Gasteiger partial charge on any atom is -0.454 e. The number of esters is 2. The lowest BCUT2D eigenvalue weighted by atomic mass is 9.86. The monoisotopic (exact) mass is 378 g/mol. The lowest BCUT2D eigenvalue weighted by molar-refractivity contribution is -0.238. The summed E-state index contributed by atoms with van der Waals surface area (Å²) in [5.74, 6) is -2.71. The highest BCUT2D eigenvalue weighted by Crippen LogP contribution is 2.47. The van der Waals surface area contributed by atoms with Gasteiger partial charge in [0.15, 0.2) is 5.79 Å². The largest absolute Gasteiger partial charge is 0.454 e. The first-order valence-electron chi connectivity index (χ1n) is 9.18. The maximum absolute atomic E-state index is 12.4. The van der Waals surface area contributed by atoms with E-state index < -0.39 is 36.0 Å². The molecule has 148 valence electrons. The van der Waals surface area contributed by atoms with Gasteiger partial charge in [0.2, 0.25) is 0 Å². The molecule has 0 aromatic carbocycles. The van der Waals surface area contributed by atoms with Crippen molar-refractivity contribution in [2.24, 2.45) is 5.92 Å². The summed E-state index contributed by atoms with van der Waals surface area (Å²) >= 11 is 0. The summed E-state index contributed by atoms with van der Waals surface area (Å²) in [5.41, 5.74) is 0.0191. The van der Waals surface area contributed by atoms with Crippen molar-refractivity contribution in [1.29, 1.82) is 0 Å². The fourth-order valence-electron chi connectivity index (χ4n) is 3.81. The number of ether oxygens (including phenoxy) is 3. The van der Waals surface area contributed by atoms with Gasteiger partial charge in [0.25, 0.3) is 0 Å². The highest BCUT2D eigenvalue weighted by molar-refractivity contribution is 5.95. The van der Waals surface area contributed by atoms with Crippen molar-refractivity contribution in [3.63, 3.8) is 0 Å². The molecule has 3 aliphatic rings. The molecule has 2 bridgehead atoms. The summed E-state index contributed by atoms with van der Waals surface area (Å²) in [5, 5.41) is 20.7. The van der Waals surface area contributed by atoms with Gasteiger partial charge in [-0.25, -0.2) is 9.59 Å². The minimum absolute atomic E-state index is 0.0674. The fraction of sp³-hybridized carbons (Fsp3) is 0.600. The Labute approximate surface area is 158 Å². The average molecular weight is 378 g/mol. The van der Waals surface area contributed by atoms with Gasteiger partial charge in [-0.2, -0.15) is 0 Å². The van der Waals surface area contributed by atoms with Gasteiger partial charge in [-0.1, -0.05) is 13.0 Å². The molecule has 3 rings (SSSR count). The van der Waals surface area contributed by atoms with Gasteiger partial charge in [-0.15, -0.1) is 0 Å². The van der Waals surface area contributed by atoms with Crippen molar-refractivity contribution in [2.75, 3.05) is 6.61 Å². The second kappa shape index (κ2) is 6.89. The van der Waals surface area contributed by atoms with Gasteiger partial charge in [-0.05, 0) is 39.7 Å². The summed E-state index contributed by atoms with van der Waals surface area (Å²) in [7, 11) is 0. The summed E-state index contributed by atoms with van der Waals surface area (Å²) < 4.78 is 17.0. The number of allylic oxidation sites excluding steroid dienone is 1. The number of carbonyl (C=O) groups is 2. The Balaban J connectivity index is 2.11. The molecule has 3 heterocycles. The smallest absolute Gasteiger partial charge is 0.342 e. The number of fused-ring (bicyclic) bond motifs is 3. The van der Waals surface area contributed by atoms with Crippen molar-refractivity contribution in [3.05, 3.63) is 34.6 Å². The van der Waals surface area contributed by atoms with Crippen LogP contribution in [0.5, 0.6) is 0 Å². The molecule has 4 atom stereocenters. The standard InChI is InChI=1S/C20H26O7/c1-5-11(2)17(22)25-14-8-12(3)20(24)7-6-19(4,27-20)9-15-16(14)13(10-21)18(23)26-15/h5,9,12,14,21,24H,6-8,10H2,1-4H3/b11-5+,15-9+/t12-,14+,19-,20+/m1/s1. The van der Waals surface area contributed by atoms with E-state index in [1.807, 2.05) is 13.8 Å². The van der Waals surface area contributed by atoms with E-state index in [0.717, 1.165) is 0 Å². The van der Waals surface area contributed by atoms with Crippen LogP contribution in [0.3, 0.4) is 0 Å². The van der Waals surface area contributed by atoms with E-state index in [2.05, 4.69) is 0 Å². The first kappa shape index (κ1) is 19.8. The first-order valence-corrected chi connectivity index (χ1v) is 9.18. The van der Waals surface area contributed by atoms with Crippen LogP contribution in [-0.4, -0.2) is 46.3 Å². The van der Waals surface area contributed by atoms with Crippen molar-refractivity contribution in [1.82, 2.24) is 0 Å². The molecule has 0 aliphatic carbocycles. The quantitative estimate of drug-likeness (QED) is 0.571. The van der Waals surface area contributed by atoms with Gasteiger partial charge in [-0.3, -0.25) is 0 Å². The molecule has 0 spiro atoms. The van der Waals surface area contributed by atoms with E-state index in [4.69, 9.17) is 14.2 Å². The molecule has 0 unspecified atom stereocenters. The molecule has 3 aliphatic heterocycles. The summed E-state index contributed by atoms with van der Waals surface area (Å²) in [6.45, 7) is 6.46. The first-order chi connectivity index (χ1) is 12.6. The highest BCUT2D eigenvalue weighted by atomic mass is 16.6. The third kappa shape index (κ3) is 3.47. The Morgan fingerprint density at radius 2 is 2.15 bits per heavy atom. The lowest BCUT2D eigenvalue weighted by Gasteiger charge is -2.33. The zero-order chi connectivity index (χ0) is 20.0. The van der Waals surface area contributed by atoms with Crippen LogP contribution in [-0.2, 0) is 23.8 Å². The van der Waals surface area contributed by atoms with Crippen molar-refractivity contribution in [3.8, 4) is 0 Å². The Kier molecular flexibility index (Phi) is 5.05. The maximum atomic E-state index is 12.4. The topological polar surface area (TPSA) is 102 Å². The molecule has 0 amide bonds. The third-order valence-electron chi connectivity index (χ3n) is 5.69. The predicted octanol–water partition coefficient (Wildman–Crippen LogP) is 1.89. The molecule has 1 fully saturated rings. The van der Waals surface area contributed by atoms with Crippen molar-refractivity contribution < 1.29 is 34.0 Å².